The zero-order valence-electron chi connectivity index (χ0n) is 7.75. The summed E-state index contributed by atoms with van der Waals surface area (Å²) in [6, 6.07) is 0. The van der Waals surface area contributed by atoms with Crippen molar-refractivity contribution in [3.05, 3.63) is 12.2 Å². The first-order valence-corrected chi connectivity index (χ1v) is 6.13. The van der Waals surface area contributed by atoms with Gasteiger partial charge in [0.05, 0.1) is 6.26 Å². The first-order chi connectivity index (χ1) is 6.57. The van der Waals surface area contributed by atoms with Gasteiger partial charge < -0.3 is 4.52 Å². The van der Waals surface area contributed by atoms with E-state index >= 15 is 0 Å². The lowest BCUT2D eigenvalue weighted by Crippen LogP contribution is -2.27. The molecular formula is C7H11N3O3S. The van der Waals surface area contributed by atoms with Crippen LogP contribution in [0.2, 0.25) is 0 Å². The third kappa shape index (κ3) is 1.78. The maximum absolute atomic E-state index is 11.2. The van der Waals surface area contributed by atoms with Gasteiger partial charge in [-0.3, -0.25) is 0 Å². The van der Waals surface area contributed by atoms with Crippen molar-refractivity contribution < 1.29 is 12.9 Å². The molecule has 0 amide bonds. The van der Waals surface area contributed by atoms with Crippen LogP contribution in [0.1, 0.15) is 18.2 Å². The molecule has 2 heterocycles. The lowest BCUT2D eigenvalue weighted by molar-refractivity contribution is 0.403. The Morgan fingerprint density at radius 1 is 1.64 bits per heavy atom. The molecule has 6 nitrogen and oxygen atoms in total. The maximum atomic E-state index is 11.2. The molecule has 1 aliphatic heterocycles. The number of nitrogens with zero attached hydrogens (tertiary/aromatic N) is 3. The number of hydrogen-bond acceptors (Lipinski definition) is 5. The highest BCUT2D eigenvalue weighted by Crippen LogP contribution is 2.25. The second-order valence-electron chi connectivity index (χ2n) is 3.40. The van der Waals surface area contributed by atoms with Gasteiger partial charge in [0.1, 0.15) is 0 Å². The first kappa shape index (κ1) is 9.60. The van der Waals surface area contributed by atoms with Crippen LogP contribution in [0.3, 0.4) is 0 Å². The third-order valence-electron chi connectivity index (χ3n) is 2.36. The summed E-state index contributed by atoms with van der Waals surface area (Å²) < 4.78 is 28.5. The van der Waals surface area contributed by atoms with E-state index < -0.39 is 10.0 Å². The van der Waals surface area contributed by atoms with Crippen molar-refractivity contribution in [2.75, 3.05) is 19.3 Å². The van der Waals surface area contributed by atoms with E-state index in [2.05, 4.69) is 14.7 Å². The Bertz CT molecular complexity index is 400. The Kier molecular flexibility index (Phi) is 2.28. The van der Waals surface area contributed by atoms with Crippen LogP contribution < -0.4 is 0 Å². The van der Waals surface area contributed by atoms with Gasteiger partial charge in [-0.25, -0.2) is 12.7 Å². The van der Waals surface area contributed by atoms with E-state index in [-0.39, 0.29) is 5.92 Å². The minimum absolute atomic E-state index is 0.0727. The van der Waals surface area contributed by atoms with Crippen molar-refractivity contribution in [3.8, 4) is 0 Å². The third-order valence-corrected chi connectivity index (χ3v) is 3.63. The molecule has 1 fully saturated rings. The van der Waals surface area contributed by atoms with Gasteiger partial charge in [-0.1, -0.05) is 5.16 Å². The molecule has 1 saturated heterocycles. The highest BCUT2D eigenvalue weighted by Gasteiger charge is 2.31. The van der Waals surface area contributed by atoms with E-state index in [1.165, 1.54) is 17.0 Å². The molecule has 0 unspecified atom stereocenters. The molecule has 1 aromatic heterocycles. The second kappa shape index (κ2) is 3.32. The number of aromatic nitrogens is 2. The lowest BCUT2D eigenvalue weighted by Gasteiger charge is -2.11. The average Bonchev–Trinajstić information content (AvgIpc) is 2.73. The molecule has 0 bridgehead atoms. The minimum atomic E-state index is -3.08. The van der Waals surface area contributed by atoms with E-state index in [0.29, 0.717) is 18.9 Å². The Hall–Kier alpha value is -0.950. The van der Waals surface area contributed by atoms with Crippen molar-refractivity contribution >= 4 is 10.0 Å². The fourth-order valence-electron chi connectivity index (χ4n) is 1.60. The zero-order valence-corrected chi connectivity index (χ0v) is 8.57. The zero-order chi connectivity index (χ0) is 10.2. The molecule has 0 spiro atoms. The predicted molar refractivity (Wildman–Crippen MR) is 48.1 cm³/mol. The van der Waals surface area contributed by atoms with Crippen molar-refractivity contribution in [2.24, 2.45) is 0 Å². The van der Waals surface area contributed by atoms with E-state index in [4.69, 9.17) is 0 Å². The Labute approximate surface area is 82.0 Å². The van der Waals surface area contributed by atoms with Crippen LogP contribution in [0.5, 0.6) is 0 Å². The molecule has 7 heteroatoms. The topological polar surface area (TPSA) is 76.3 Å². The average molecular weight is 217 g/mol. The number of sulfonamides is 1. The van der Waals surface area contributed by atoms with Crippen LogP contribution in [0.4, 0.5) is 0 Å². The Morgan fingerprint density at radius 2 is 2.43 bits per heavy atom. The van der Waals surface area contributed by atoms with Crippen LogP contribution in [-0.2, 0) is 10.0 Å². The molecule has 2 rings (SSSR count). The first-order valence-electron chi connectivity index (χ1n) is 4.29. The van der Waals surface area contributed by atoms with Crippen LogP contribution >= 0.6 is 0 Å². The SMILES string of the molecule is CS(=O)(=O)N1CC[C@@H](c2ncon2)C1. The fraction of sp³-hybridized carbons (Fsp3) is 0.714. The van der Waals surface area contributed by atoms with Gasteiger partial charge >= 0.3 is 0 Å². The van der Waals surface area contributed by atoms with E-state index in [9.17, 15) is 8.42 Å². The van der Waals surface area contributed by atoms with Crippen molar-refractivity contribution in [3.63, 3.8) is 0 Å². The second-order valence-corrected chi connectivity index (χ2v) is 5.38. The molecule has 0 saturated carbocycles. The number of rotatable bonds is 2. The van der Waals surface area contributed by atoms with Crippen molar-refractivity contribution in [1.82, 2.24) is 14.4 Å². The monoisotopic (exact) mass is 217 g/mol. The summed E-state index contributed by atoms with van der Waals surface area (Å²) >= 11 is 0. The molecule has 0 radical (unpaired) electrons. The van der Waals surface area contributed by atoms with Gasteiger partial charge in [0.2, 0.25) is 16.4 Å². The van der Waals surface area contributed by atoms with Crippen LogP contribution in [-0.4, -0.2) is 42.2 Å². The Balaban J connectivity index is 2.10. The summed E-state index contributed by atoms with van der Waals surface area (Å²) in [5.41, 5.74) is 0. The molecule has 1 aromatic rings. The van der Waals surface area contributed by atoms with Gasteiger partial charge in [-0.05, 0) is 6.42 Å². The van der Waals surface area contributed by atoms with E-state index in [1.54, 1.807) is 0 Å². The lowest BCUT2D eigenvalue weighted by atomic mass is 10.1. The normalized spacial score (nSPS) is 24.2. The molecule has 78 valence electrons. The molecule has 0 N–H and O–H groups in total. The van der Waals surface area contributed by atoms with Crippen molar-refractivity contribution in [2.45, 2.75) is 12.3 Å². The van der Waals surface area contributed by atoms with E-state index in [1.807, 2.05) is 0 Å². The predicted octanol–water partition coefficient (Wildman–Crippen LogP) is -0.181. The summed E-state index contributed by atoms with van der Waals surface area (Å²) in [5.74, 6) is 0.666. The molecule has 14 heavy (non-hydrogen) atoms. The van der Waals surface area contributed by atoms with Gasteiger partial charge in [-0.15, -0.1) is 0 Å². The highest BCUT2D eigenvalue weighted by molar-refractivity contribution is 7.88. The van der Waals surface area contributed by atoms with Gasteiger partial charge in [0.25, 0.3) is 0 Å². The quantitative estimate of drug-likeness (QED) is 0.686. The van der Waals surface area contributed by atoms with Gasteiger partial charge in [-0.2, -0.15) is 4.98 Å². The molecule has 1 atom stereocenters. The van der Waals surface area contributed by atoms with Gasteiger partial charge in [0, 0.05) is 19.0 Å². The highest BCUT2D eigenvalue weighted by atomic mass is 32.2. The Morgan fingerprint density at radius 3 is 2.93 bits per heavy atom. The molecule has 0 aromatic carbocycles. The van der Waals surface area contributed by atoms with Crippen LogP contribution in [0.15, 0.2) is 10.9 Å². The minimum Gasteiger partial charge on any atom is -0.343 e. The smallest absolute Gasteiger partial charge is 0.213 e. The van der Waals surface area contributed by atoms with E-state index in [0.717, 1.165) is 6.42 Å². The molecule has 1 aliphatic rings. The molecular weight excluding hydrogens is 206 g/mol. The summed E-state index contributed by atoms with van der Waals surface area (Å²) in [6.07, 6.45) is 3.23. The summed E-state index contributed by atoms with van der Waals surface area (Å²) in [5, 5.41) is 3.71. The largest absolute Gasteiger partial charge is 0.343 e. The van der Waals surface area contributed by atoms with Crippen molar-refractivity contribution in [1.29, 1.82) is 0 Å². The molecule has 0 aliphatic carbocycles. The number of hydrogen-bond donors (Lipinski definition) is 0. The summed E-state index contributed by atoms with van der Waals surface area (Å²) in [6.45, 7) is 0.996. The maximum Gasteiger partial charge on any atom is 0.213 e. The standard InChI is InChI=1S/C7H11N3O3S/c1-14(11,12)10-3-2-6(4-10)7-8-5-13-9-7/h5-6H,2-4H2,1H3/t6-/m1/s1. The van der Waals surface area contributed by atoms with Crippen LogP contribution in [0.25, 0.3) is 0 Å². The summed E-state index contributed by atoms with van der Waals surface area (Å²) in [4.78, 5) is 3.92. The fourth-order valence-corrected chi connectivity index (χ4v) is 2.49. The van der Waals surface area contributed by atoms with Crippen LogP contribution in [0, 0.1) is 0 Å². The van der Waals surface area contributed by atoms with Gasteiger partial charge in [0.15, 0.2) is 5.82 Å². The summed E-state index contributed by atoms with van der Waals surface area (Å²) in [7, 11) is -3.08.